The summed E-state index contributed by atoms with van der Waals surface area (Å²) < 4.78 is 0.623. The first-order chi connectivity index (χ1) is 8.60. The zero-order valence-electron chi connectivity index (χ0n) is 10.4. The molecule has 1 aromatic rings. The van der Waals surface area contributed by atoms with Gasteiger partial charge in [-0.1, -0.05) is 19.4 Å². The highest BCUT2D eigenvalue weighted by atomic mass is 79.9. The van der Waals surface area contributed by atoms with Gasteiger partial charge in [0.05, 0.1) is 10.0 Å². The summed E-state index contributed by atoms with van der Waals surface area (Å²) in [6, 6.07) is 5.21. The summed E-state index contributed by atoms with van der Waals surface area (Å²) in [5.74, 6) is 0.157. The van der Waals surface area contributed by atoms with Gasteiger partial charge in [0.2, 0.25) is 0 Å². The molecule has 0 saturated carbocycles. The molecule has 1 amide bonds. The van der Waals surface area contributed by atoms with Gasteiger partial charge in [0.15, 0.2) is 0 Å². The van der Waals surface area contributed by atoms with Crippen molar-refractivity contribution in [3.8, 4) is 0 Å². The van der Waals surface area contributed by atoms with Gasteiger partial charge in [-0.15, -0.1) is 0 Å². The van der Waals surface area contributed by atoms with Crippen LogP contribution in [0.3, 0.4) is 0 Å². The number of nitrogen functional groups attached to an aromatic ring is 1. The third kappa shape index (κ3) is 3.99. The van der Waals surface area contributed by atoms with Crippen LogP contribution in [0.15, 0.2) is 22.7 Å². The molecule has 1 unspecified atom stereocenters. The predicted molar refractivity (Wildman–Crippen MR) is 76.4 cm³/mol. The third-order valence-corrected chi connectivity index (χ3v) is 3.82. The number of anilines is 1. The van der Waals surface area contributed by atoms with Gasteiger partial charge < -0.3 is 16.2 Å². The van der Waals surface area contributed by atoms with E-state index in [-0.39, 0.29) is 12.5 Å². The van der Waals surface area contributed by atoms with Gasteiger partial charge in [-0.25, -0.2) is 0 Å². The lowest BCUT2D eigenvalue weighted by Gasteiger charge is -2.15. The van der Waals surface area contributed by atoms with Crippen molar-refractivity contribution in [1.29, 1.82) is 0 Å². The maximum absolute atomic E-state index is 12.0. The van der Waals surface area contributed by atoms with Crippen molar-refractivity contribution in [3.63, 3.8) is 0 Å². The fourth-order valence-corrected chi connectivity index (χ4v) is 2.13. The summed E-state index contributed by atoms with van der Waals surface area (Å²) in [5.41, 5.74) is 6.81. The van der Waals surface area contributed by atoms with E-state index in [2.05, 4.69) is 21.2 Å². The highest BCUT2D eigenvalue weighted by Gasteiger charge is 2.13. The van der Waals surface area contributed by atoms with Crippen LogP contribution in [-0.4, -0.2) is 24.2 Å². The zero-order chi connectivity index (χ0) is 13.5. The van der Waals surface area contributed by atoms with Gasteiger partial charge in [-0.3, -0.25) is 4.79 Å². The normalized spacial score (nSPS) is 12.2. The van der Waals surface area contributed by atoms with E-state index in [9.17, 15) is 4.79 Å². The summed E-state index contributed by atoms with van der Waals surface area (Å²) in [6.45, 7) is 2.76. The van der Waals surface area contributed by atoms with E-state index in [4.69, 9.17) is 10.8 Å². The molecule has 0 bridgehead atoms. The molecule has 0 aliphatic heterocycles. The Morgan fingerprint density at radius 3 is 2.89 bits per heavy atom. The smallest absolute Gasteiger partial charge is 0.252 e. The molecule has 0 fully saturated rings. The van der Waals surface area contributed by atoms with E-state index in [1.807, 2.05) is 6.92 Å². The van der Waals surface area contributed by atoms with Gasteiger partial charge in [-0.05, 0) is 40.4 Å². The molecule has 0 saturated heterocycles. The lowest BCUT2D eigenvalue weighted by molar-refractivity contribution is 0.0943. The number of carbonyl (C=O) groups excluding carboxylic acids is 1. The number of hydrogen-bond donors (Lipinski definition) is 3. The Hall–Kier alpha value is -1.07. The summed E-state index contributed by atoms with van der Waals surface area (Å²) in [5, 5.41) is 11.8. The molecule has 100 valence electrons. The molecular weight excluding hydrogens is 296 g/mol. The van der Waals surface area contributed by atoms with Crippen LogP contribution >= 0.6 is 15.9 Å². The number of benzene rings is 1. The Bertz CT molecular complexity index is 410. The van der Waals surface area contributed by atoms with E-state index in [0.717, 1.165) is 6.42 Å². The van der Waals surface area contributed by atoms with Crippen molar-refractivity contribution < 1.29 is 9.90 Å². The Balaban J connectivity index is 2.62. The second-order valence-electron chi connectivity index (χ2n) is 4.21. The molecular formula is C13H19BrN2O2. The van der Waals surface area contributed by atoms with Gasteiger partial charge in [-0.2, -0.15) is 0 Å². The molecule has 0 spiro atoms. The average Bonchev–Trinajstić information content (AvgIpc) is 2.37. The molecule has 0 aliphatic carbocycles. The molecule has 4 N–H and O–H groups in total. The van der Waals surface area contributed by atoms with Gasteiger partial charge in [0.1, 0.15) is 0 Å². The number of aliphatic hydroxyl groups is 1. The molecule has 5 heteroatoms. The molecule has 0 radical (unpaired) electrons. The molecule has 0 aromatic heterocycles. The minimum Gasteiger partial charge on any atom is -0.398 e. The van der Waals surface area contributed by atoms with Crippen molar-refractivity contribution in [3.05, 3.63) is 28.2 Å². The maximum Gasteiger partial charge on any atom is 0.252 e. The van der Waals surface area contributed by atoms with E-state index in [1.165, 1.54) is 0 Å². The van der Waals surface area contributed by atoms with Crippen LogP contribution in [0.4, 0.5) is 5.69 Å². The van der Waals surface area contributed by atoms with E-state index < -0.39 is 0 Å². The predicted octanol–water partition coefficient (Wildman–Crippen LogP) is 2.17. The number of hydrogen-bond acceptors (Lipinski definition) is 3. The first-order valence-electron chi connectivity index (χ1n) is 6.03. The fourth-order valence-electron chi connectivity index (χ4n) is 1.69. The largest absolute Gasteiger partial charge is 0.398 e. The van der Waals surface area contributed by atoms with Gasteiger partial charge >= 0.3 is 0 Å². The number of halogens is 1. The van der Waals surface area contributed by atoms with Crippen LogP contribution in [-0.2, 0) is 0 Å². The van der Waals surface area contributed by atoms with Gasteiger partial charge in [0, 0.05) is 18.8 Å². The Morgan fingerprint density at radius 2 is 2.28 bits per heavy atom. The SMILES string of the molecule is CCC(CCO)CNC(=O)c1cccc(N)c1Br. The molecule has 1 rings (SSSR count). The number of aliphatic hydroxyl groups excluding tert-OH is 1. The minimum absolute atomic E-state index is 0.148. The quantitative estimate of drug-likeness (QED) is 0.704. The highest BCUT2D eigenvalue weighted by molar-refractivity contribution is 9.10. The third-order valence-electron chi connectivity index (χ3n) is 2.94. The Morgan fingerprint density at radius 1 is 1.56 bits per heavy atom. The van der Waals surface area contributed by atoms with E-state index >= 15 is 0 Å². The van der Waals surface area contributed by atoms with Crippen LogP contribution in [0.5, 0.6) is 0 Å². The molecule has 0 heterocycles. The van der Waals surface area contributed by atoms with Crippen molar-refractivity contribution in [2.75, 3.05) is 18.9 Å². The average molecular weight is 315 g/mol. The standard InChI is InChI=1S/C13H19BrN2O2/c1-2-9(6-7-17)8-16-13(18)10-4-3-5-11(15)12(10)14/h3-5,9,17H,2,6-8,15H2,1H3,(H,16,18). The molecule has 1 aromatic carbocycles. The summed E-state index contributed by atoms with van der Waals surface area (Å²) >= 11 is 3.31. The van der Waals surface area contributed by atoms with Crippen LogP contribution in [0, 0.1) is 5.92 Å². The lowest BCUT2D eigenvalue weighted by Crippen LogP contribution is -2.29. The van der Waals surface area contributed by atoms with Crippen molar-refractivity contribution >= 4 is 27.5 Å². The summed E-state index contributed by atoms with van der Waals surface area (Å²) in [6.07, 6.45) is 1.63. The zero-order valence-corrected chi connectivity index (χ0v) is 12.0. The molecule has 18 heavy (non-hydrogen) atoms. The number of carbonyl (C=O) groups is 1. The highest BCUT2D eigenvalue weighted by Crippen LogP contribution is 2.23. The number of nitrogens with one attached hydrogen (secondary N) is 1. The molecule has 4 nitrogen and oxygen atoms in total. The van der Waals surface area contributed by atoms with Crippen LogP contribution < -0.4 is 11.1 Å². The maximum atomic E-state index is 12.0. The van der Waals surface area contributed by atoms with Crippen LogP contribution in [0.25, 0.3) is 0 Å². The second kappa shape index (κ2) is 7.38. The fraction of sp³-hybridized carbons (Fsp3) is 0.462. The van der Waals surface area contributed by atoms with Crippen molar-refractivity contribution in [1.82, 2.24) is 5.32 Å². The number of amides is 1. The summed E-state index contributed by atoms with van der Waals surface area (Å²) in [4.78, 5) is 12.0. The molecule has 0 aliphatic rings. The second-order valence-corrected chi connectivity index (χ2v) is 5.00. The van der Waals surface area contributed by atoms with E-state index in [0.29, 0.717) is 34.6 Å². The lowest BCUT2D eigenvalue weighted by atomic mass is 10.0. The Labute approximate surface area is 116 Å². The van der Waals surface area contributed by atoms with Crippen molar-refractivity contribution in [2.24, 2.45) is 5.92 Å². The molecule has 1 atom stereocenters. The first-order valence-corrected chi connectivity index (χ1v) is 6.82. The topological polar surface area (TPSA) is 75.3 Å². The number of nitrogens with two attached hydrogens (primary N) is 1. The van der Waals surface area contributed by atoms with Crippen molar-refractivity contribution in [2.45, 2.75) is 19.8 Å². The van der Waals surface area contributed by atoms with Gasteiger partial charge in [0.25, 0.3) is 5.91 Å². The summed E-state index contributed by atoms with van der Waals surface area (Å²) in [7, 11) is 0. The Kier molecular flexibility index (Phi) is 6.15. The van der Waals surface area contributed by atoms with Crippen LogP contribution in [0.1, 0.15) is 30.1 Å². The monoisotopic (exact) mass is 314 g/mol. The minimum atomic E-state index is -0.148. The van der Waals surface area contributed by atoms with Crippen LogP contribution in [0.2, 0.25) is 0 Å². The number of rotatable bonds is 6. The van der Waals surface area contributed by atoms with E-state index in [1.54, 1.807) is 18.2 Å². The first kappa shape index (κ1) is 15.0.